The molecule has 3 aromatic carbocycles. The van der Waals surface area contributed by atoms with Gasteiger partial charge in [0.1, 0.15) is 5.75 Å². The Balaban J connectivity index is 2.31. The Morgan fingerprint density at radius 3 is 2.52 bits per heavy atom. The average Bonchev–Trinajstić information content (AvgIpc) is 2.60. The summed E-state index contributed by atoms with van der Waals surface area (Å²) in [4.78, 5) is 11.5. The highest BCUT2D eigenvalue weighted by molar-refractivity contribution is 7.80. The summed E-state index contributed by atoms with van der Waals surface area (Å²) in [5, 5.41) is 26.9. The van der Waals surface area contributed by atoms with Crippen LogP contribution in [0.2, 0.25) is 0 Å². The van der Waals surface area contributed by atoms with E-state index in [2.05, 4.69) is 5.32 Å². The number of fused-ring (bicyclic) bond motifs is 1. The fourth-order valence-corrected chi connectivity index (χ4v) is 3.11. The van der Waals surface area contributed by atoms with Crippen molar-refractivity contribution in [3.05, 3.63) is 81.9 Å². The standard InChI is InChI=1S/C19H16N2O3S/c1-12(25)20-19(15-8-4-5-9-16(15)21(23)24)18-14-7-3-2-6-13(14)10-11-17(18)22/h2-11,19,22H,1H3,(H,20,25). The molecule has 0 radical (unpaired) electrons. The van der Waals surface area contributed by atoms with Gasteiger partial charge >= 0.3 is 0 Å². The molecule has 1 unspecified atom stereocenters. The minimum Gasteiger partial charge on any atom is -0.508 e. The van der Waals surface area contributed by atoms with Crippen LogP contribution in [-0.4, -0.2) is 15.0 Å². The normalized spacial score (nSPS) is 11.9. The zero-order valence-corrected chi connectivity index (χ0v) is 14.3. The van der Waals surface area contributed by atoms with Gasteiger partial charge in [-0.05, 0) is 29.8 Å². The zero-order valence-electron chi connectivity index (χ0n) is 13.5. The number of nitro groups is 1. The van der Waals surface area contributed by atoms with Gasteiger partial charge in [0.2, 0.25) is 0 Å². The highest BCUT2D eigenvalue weighted by Crippen LogP contribution is 2.38. The van der Waals surface area contributed by atoms with E-state index in [0.29, 0.717) is 16.1 Å². The van der Waals surface area contributed by atoms with E-state index in [1.54, 1.807) is 31.2 Å². The third kappa shape index (κ3) is 3.29. The van der Waals surface area contributed by atoms with Crippen LogP contribution in [0.25, 0.3) is 10.8 Å². The monoisotopic (exact) mass is 352 g/mol. The summed E-state index contributed by atoms with van der Waals surface area (Å²) in [5.41, 5.74) is 0.989. The molecule has 0 aromatic heterocycles. The Bertz CT molecular complexity index is 972. The Labute approximate surface area is 150 Å². The Morgan fingerprint density at radius 1 is 1.12 bits per heavy atom. The molecule has 1 atom stereocenters. The fraction of sp³-hybridized carbons (Fsp3) is 0.105. The molecular formula is C19H16N2O3S. The van der Waals surface area contributed by atoms with Crippen LogP contribution in [-0.2, 0) is 0 Å². The Kier molecular flexibility index (Phi) is 4.63. The van der Waals surface area contributed by atoms with Crippen molar-refractivity contribution in [1.82, 2.24) is 5.32 Å². The molecule has 126 valence electrons. The van der Waals surface area contributed by atoms with Crippen molar-refractivity contribution in [2.45, 2.75) is 13.0 Å². The van der Waals surface area contributed by atoms with Gasteiger partial charge in [0.05, 0.1) is 21.5 Å². The molecule has 0 fully saturated rings. The third-order valence-corrected chi connectivity index (χ3v) is 4.15. The summed E-state index contributed by atoms with van der Waals surface area (Å²) < 4.78 is 0. The first-order valence-corrected chi connectivity index (χ1v) is 8.11. The summed E-state index contributed by atoms with van der Waals surface area (Å²) >= 11 is 5.18. The van der Waals surface area contributed by atoms with Crippen LogP contribution in [0.5, 0.6) is 5.75 Å². The van der Waals surface area contributed by atoms with Gasteiger partial charge in [-0.3, -0.25) is 10.1 Å². The first-order chi connectivity index (χ1) is 12.0. The van der Waals surface area contributed by atoms with Crippen molar-refractivity contribution in [2.24, 2.45) is 0 Å². The zero-order chi connectivity index (χ0) is 18.0. The molecule has 0 aliphatic rings. The highest BCUT2D eigenvalue weighted by atomic mass is 32.1. The van der Waals surface area contributed by atoms with Crippen LogP contribution in [0, 0.1) is 10.1 Å². The number of nitrogens with one attached hydrogen (secondary N) is 1. The highest BCUT2D eigenvalue weighted by Gasteiger charge is 2.27. The number of nitrogens with zero attached hydrogens (tertiary/aromatic N) is 1. The summed E-state index contributed by atoms with van der Waals surface area (Å²) in [6.07, 6.45) is 0. The van der Waals surface area contributed by atoms with Gasteiger partial charge in [0.25, 0.3) is 5.69 Å². The maximum absolute atomic E-state index is 11.5. The lowest BCUT2D eigenvalue weighted by Gasteiger charge is -2.22. The van der Waals surface area contributed by atoms with Crippen molar-refractivity contribution < 1.29 is 10.0 Å². The molecule has 0 saturated carbocycles. The quantitative estimate of drug-likeness (QED) is 0.411. The van der Waals surface area contributed by atoms with Crippen LogP contribution < -0.4 is 5.32 Å². The second-order valence-corrected chi connectivity index (χ2v) is 6.28. The van der Waals surface area contributed by atoms with Crippen molar-refractivity contribution in [1.29, 1.82) is 0 Å². The molecule has 2 N–H and O–H groups in total. The lowest BCUT2D eigenvalue weighted by molar-refractivity contribution is -0.385. The number of hydrogen-bond acceptors (Lipinski definition) is 4. The smallest absolute Gasteiger partial charge is 0.275 e. The maximum atomic E-state index is 11.5. The lowest BCUT2D eigenvalue weighted by atomic mass is 9.92. The predicted molar refractivity (Wildman–Crippen MR) is 102 cm³/mol. The number of para-hydroxylation sites is 1. The van der Waals surface area contributed by atoms with Crippen molar-refractivity contribution in [2.75, 3.05) is 0 Å². The second kappa shape index (κ2) is 6.86. The van der Waals surface area contributed by atoms with Crippen molar-refractivity contribution >= 4 is 33.7 Å². The number of aromatic hydroxyl groups is 1. The SMILES string of the molecule is CC(=S)NC(c1ccccc1[N+](=O)[O-])c1c(O)ccc2ccccc12. The van der Waals surface area contributed by atoms with Gasteiger partial charge in [-0.25, -0.2) is 0 Å². The molecular weight excluding hydrogens is 336 g/mol. The lowest BCUT2D eigenvalue weighted by Crippen LogP contribution is -2.26. The maximum Gasteiger partial charge on any atom is 0.275 e. The van der Waals surface area contributed by atoms with E-state index in [9.17, 15) is 15.2 Å². The second-order valence-electron chi connectivity index (χ2n) is 5.67. The van der Waals surface area contributed by atoms with E-state index in [-0.39, 0.29) is 11.4 Å². The van der Waals surface area contributed by atoms with Gasteiger partial charge in [-0.2, -0.15) is 0 Å². The molecule has 3 rings (SSSR count). The Morgan fingerprint density at radius 2 is 1.80 bits per heavy atom. The van der Waals surface area contributed by atoms with Gasteiger partial charge in [-0.1, -0.05) is 54.7 Å². The van der Waals surface area contributed by atoms with Crippen molar-refractivity contribution in [3.8, 4) is 5.75 Å². The molecule has 3 aromatic rings. The van der Waals surface area contributed by atoms with Crippen LogP contribution in [0.15, 0.2) is 60.7 Å². The summed E-state index contributed by atoms with van der Waals surface area (Å²) in [6, 6.07) is 16.8. The molecule has 5 nitrogen and oxygen atoms in total. The van der Waals surface area contributed by atoms with E-state index < -0.39 is 11.0 Å². The van der Waals surface area contributed by atoms with Gasteiger partial charge in [0.15, 0.2) is 0 Å². The van der Waals surface area contributed by atoms with E-state index in [1.807, 2.05) is 30.3 Å². The van der Waals surface area contributed by atoms with Gasteiger partial charge < -0.3 is 10.4 Å². The summed E-state index contributed by atoms with van der Waals surface area (Å²) in [6.45, 7) is 1.71. The number of phenolic OH excluding ortho intramolecular Hbond substituents is 1. The molecule has 0 bridgehead atoms. The predicted octanol–water partition coefficient (Wildman–Crippen LogP) is 4.48. The van der Waals surface area contributed by atoms with E-state index in [1.165, 1.54) is 6.07 Å². The van der Waals surface area contributed by atoms with Crippen molar-refractivity contribution in [3.63, 3.8) is 0 Å². The average molecular weight is 352 g/mol. The molecule has 0 aliphatic heterocycles. The molecule has 0 heterocycles. The van der Waals surface area contributed by atoms with E-state index in [0.717, 1.165) is 10.8 Å². The molecule has 0 aliphatic carbocycles. The van der Waals surface area contributed by atoms with Gasteiger partial charge in [0, 0.05) is 11.6 Å². The first-order valence-electron chi connectivity index (χ1n) is 7.70. The molecule has 25 heavy (non-hydrogen) atoms. The third-order valence-electron chi connectivity index (χ3n) is 4.03. The number of thiocarbonyl (C=S) groups is 1. The minimum absolute atomic E-state index is 0.0245. The topological polar surface area (TPSA) is 75.4 Å². The molecule has 0 spiro atoms. The number of nitro benzene ring substituents is 1. The van der Waals surface area contributed by atoms with E-state index in [4.69, 9.17) is 12.2 Å². The molecule has 0 saturated heterocycles. The number of phenols is 1. The van der Waals surface area contributed by atoms with Crippen LogP contribution in [0.1, 0.15) is 24.1 Å². The van der Waals surface area contributed by atoms with Gasteiger partial charge in [-0.15, -0.1) is 0 Å². The minimum atomic E-state index is -0.634. The van der Waals surface area contributed by atoms with E-state index >= 15 is 0 Å². The number of benzene rings is 3. The fourth-order valence-electron chi connectivity index (χ4n) is 2.99. The Hall–Kier alpha value is -2.99. The van der Waals surface area contributed by atoms with Crippen LogP contribution >= 0.6 is 12.2 Å². The largest absolute Gasteiger partial charge is 0.508 e. The van der Waals surface area contributed by atoms with Crippen LogP contribution in [0.4, 0.5) is 5.69 Å². The molecule has 0 amide bonds. The summed E-state index contributed by atoms with van der Waals surface area (Å²) in [7, 11) is 0. The van der Waals surface area contributed by atoms with Crippen LogP contribution in [0.3, 0.4) is 0 Å². The summed E-state index contributed by atoms with van der Waals surface area (Å²) in [5.74, 6) is 0.0607. The molecule has 6 heteroatoms. The number of rotatable bonds is 4. The first kappa shape index (κ1) is 16.9. The number of hydrogen-bond donors (Lipinski definition) is 2.